The summed E-state index contributed by atoms with van der Waals surface area (Å²) in [5.74, 6) is 0.0774. The fourth-order valence-electron chi connectivity index (χ4n) is 3.55. The molecule has 2 saturated heterocycles. The minimum absolute atomic E-state index is 0.0774. The minimum atomic E-state index is -0.443. The number of para-hydroxylation sites is 1. The van der Waals surface area contributed by atoms with Crippen molar-refractivity contribution < 1.29 is 14.1 Å². The zero-order valence-corrected chi connectivity index (χ0v) is 15.4. The normalized spacial score (nSPS) is 22.1. The minimum Gasteiger partial charge on any atom is -0.399 e. The Morgan fingerprint density at radius 3 is 2.40 bits per heavy atom. The highest BCUT2D eigenvalue weighted by atomic mass is 16.7. The van der Waals surface area contributed by atoms with Crippen molar-refractivity contribution in [3.63, 3.8) is 0 Å². The average Bonchev–Trinajstić information content (AvgIpc) is 3.25. The molecule has 1 N–H and O–H groups in total. The van der Waals surface area contributed by atoms with Gasteiger partial charge in [0.15, 0.2) is 0 Å². The second-order valence-corrected chi connectivity index (χ2v) is 8.08. The van der Waals surface area contributed by atoms with Crippen LogP contribution in [-0.4, -0.2) is 47.2 Å². The van der Waals surface area contributed by atoms with Gasteiger partial charge in [0.05, 0.1) is 11.2 Å². The van der Waals surface area contributed by atoms with Crippen LogP contribution in [0.2, 0.25) is 0 Å². The number of carbonyl (C=O) groups excluding carboxylic acids is 1. The molecule has 0 radical (unpaired) electrons. The average molecular weight is 340 g/mol. The van der Waals surface area contributed by atoms with E-state index in [1.807, 2.05) is 56.9 Å². The van der Waals surface area contributed by atoms with Crippen molar-refractivity contribution >= 4 is 29.4 Å². The van der Waals surface area contributed by atoms with E-state index < -0.39 is 7.12 Å². The summed E-state index contributed by atoms with van der Waals surface area (Å²) < 4.78 is 12.4. The van der Waals surface area contributed by atoms with Crippen molar-refractivity contribution in [3.8, 4) is 0 Å². The molecule has 132 valence electrons. The molecule has 25 heavy (non-hydrogen) atoms. The van der Waals surface area contributed by atoms with Gasteiger partial charge in [-0.3, -0.25) is 4.79 Å². The maximum Gasteiger partial charge on any atom is 0.497 e. The van der Waals surface area contributed by atoms with Crippen LogP contribution in [0.15, 0.2) is 24.3 Å². The van der Waals surface area contributed by atoms with Gasteiger partial charge in [-0.1, -0.05) is 18.2 Å². The van der Waals surface area contributed by atoms with Crippen molar-refractivity contribution in [2.75, 3.05) is 13.1 Å². The monoisotopic (exact) mass is 340 g/mol. The summed E-state index contributed by atoms with van der Waals surface area (Å²) in [6.07, 6.45) is 2.18. The molecule has 3 heterocycles. The van der Waals surface area contributed by atoms with E-state index in [0.717, 1.165) is 42.3 Å². The predicted molar refractivity (Wildman–Crippen MR) is 99.2 cm³/mol. The molecule has 0 unspecified atom stereocenters. The molecule has 0 spiro atoms. The lowest BCUT2D eigenvalue weighted by molar-refractivity contribution is 0.00578. The number of likely N-dealkylation sites (tertiary alicyclic amines) is 1. The number of rotatable bonds is 2. The van der Waals surface area contributed by atoms with Gasteiger partial charge in [-0.15, -0.1) is 0 Å². The first-order valence-corrected chi connectivity index (χ1v) is 9.05. The molecule has 1 aromatic carbocycles. The van der Waals surface area contributed by atoms with Gasteiger partial charge in [-0.2, -0.15) is 0 Å². The standard InChI is InChI=1S/C19H25BN2O3/c1-18(2)19(3,4)25-20(24-18)14-9-7-8-13-12-15(21-16(13)14)17(23)22-10-5-6-11-22/h7-9,12,21H,5-6,10-11H2,1-4H3. The molecular weight excluding hydrogens is 315 g/mol. The zero-order chi connectivity index (χ0) is 17.8. The quantitative estimate of drug-likeness (QED) is 0.856. The highest BCUT2D eigenvalue weighted by Crippen LogP contribution is 2.37. The smallest absolute Gasteiger partial charge is 0.399 e. The summed E-state index contributed by atoms with van der Waals surface area (Å²) in [5.41, 5.74) is 1.72. The Morgan fingerprint density at radius 2 is 1.76 bits per heavy atom. The van der Waals surface area contributed by atoms with Gasteiger partial charge in [0.25, 0.3) is 5.91 Å². The molecule has 0 saturated carbocycles. The van der Waals surface area contributed by atoms with E-state index >= 15 is 0 Å². The van der Waals surface area contributed by atoms with E-state index in [4.69, 9.17) is 9.31 Å². The van der Waals surface area contributed by atoms with Crippen molar-refractivity contribution in [3.05, 3.63) is 30.0 Å². The second kappa shape index (κ2) is 5.61. The van der Waals surface area contributed by atoms with Crippen LogP contribution in [0.25, 0.3) is 10.9 Å². The third-order valence-corrected chi connectivity index (χ3v) is 5.82. The van der Waals surface area contributed by atoms with Gasteiger partial charge in [-0.05, 0) is 52.0 Å². The summed E-state index contributed by atoms with van der Waals surface area (Å²) >= 11 is 0. The van der Waals surface area contributed by atoms with Gasteiger partial charge in [0.1, 0.15) is 5.69 Å². The molecule has 4 rings (SSSR count). The Bertz CT molecular complexity index is 805. The van der Waals surface area contributed by atoms with E-state index in [1.165, 1.54) is 0 Å². The van der Waals surface area contributed by atoms with Crippen molar-refractivity contribution in [1.29, 1.82) is 0 Å². The Kier molecular flexibility index (Phi) is 3.74. The number of aromatic amines is 1. The molecule has 2 aromatic rings. The summed E-state index contributed by atoms with van der Waals surface area (Å²) in [7, 11) is -0.443. The van der Waals surface area contributed by atoms with Crippen LogP contribution in [0.5, 0.6) is 0 Å². The van der Waals surface area contributed by atoms with E-state index in [1.54, 1.807) is 0 Å². The van der Waals surface area contributed by atoms with Crippen molar-refractivity contribution in [2.45, 2.75) is 51.7 Å². The summed E-state index contributed by atoms with van der Waals surface area (Å²) in [5, 5.41) is 1.01. The van der Waals surface area contributed by atoms with Gasteiger partial charge in [-0.25, -0.2) is 0 Å². The number of benzene rings is 1. The van der Waals surface area contributed by atoms with Gasteiger partial charge >= 0.3 is 7.12 Å². The third kappa shape index (κ3) is 2.68. The Hall–Kier alpha value is -1.79. The topological polar surface area (TPSA) is 54.6 Å². The number of hydrogen-bond acceptors (Lipinski definition) is 3. The Morgan fingerprint density at radius 1 is 1.12 bits per heavy atom. The molecule has 5 nitrogen and oxygen atoms in total. The maximum atomic E-state index is 12.7. The third-order valence-electron chi connectivity index (χ3n) is 5.82. The van der Waals surface area contributed by atoms with Crippen LogP contribution in [0.1, 0.15) is 51.0 Å². The highest BCUT2D eigenvalue weighted by Gasteiger charge is 2.52. The number of aromatic nitrogens is 1. The predicted octanol–water partition coefficient (Wildman–Crippen LogP) is 2.70. The lowest BCUT2D eigenvalue weighted by atomic mass is 9.78. The maximum absolute atomic E-state index is 12.7. The largest absolute Gasteiger partial charge is 0.497 e. The highest BCUT2D eigenvalue weighted by molar-refractivity contribution is 6.65. The van der Waals surface area contributed by atoms with Crippen LogP contribution in [-0.2, 0) is 9.31 Å². The summed E-state index contributed by atoms with van der Waals surface area (Å²) in [6.45, 7) is 9.87. The molecule has 0 atom stereocenters. The van der Waals surface area contributed by atoms with E-state index in [2.05, 4.69) is 4.98 Å². The van der Waals surface area contributed by atoms with E-state index in [-0.39, 0.29) is 17.1 Å². The summed E-state index contributed by atoms with van der Waals surface area (Å²) in [4.78, 5) is 17.9. The SMILES string of the molecule is CC1(C)OB(c2cccc3cc(C(=O)N4CCCC4)[nH]c23)OC1(C)C. The van der Waals surface area contributed by atoms with Crippen molar-refractivity contribution in [2.24, 2.45) is 0 Å². The molecule has 2 aliphatic heterocycles. The number of nitrogens with one attached hydrogen (secondary N) is 1. The number of carbonyl (C=O) groups is 1. The first-order chi connectivity index (χ1) is 11.8. The van der Waals surface area contributed by atoms with E-state index in [0.29, 0.717) is 5.69 Å². The van der Waals surface area contributed by atoms with Gasteiger partial charge < -0.3 is 19.2 Å². The Balaban J connectivity index is 1.70. The molecule has 2 fully saturated rings. The molecule has 0 aliphatic carbocycles. The van der Waals surface area contributed by atoms with E-state index in [9.17, 15) is 4.79 Å². The first-order valence-electron chi connectivity index (χ1n) is 9.05. The number of H-pyrrole nitrogens is 1. The molecule has 6 heteroatoms. The fraction of sp³-hybridized carbons (Fsp3) is 0.526. The van der Waals surface area contributed by atoms with Crippen LogP contribution in [0.4, 0.5) is 0 Å². The van der Waals surface area contributed by atoms with Gasteiger partial charge in [0, 0.05) is 24.1 Å². The summed E-state index contributed by atoms with van der Waals surface area (Å²) in [6, 6.07) is 7.94. The van der Waals surface area contributed by atoms with Crippen LogP contribution in [0, 0.1) is 0 Å². The van der Waals surface area contributed by atoms with Gasteiger partial charge in [0.2, 0.25) is 0 Å². The zero-order valence-electron chi connectivity index (χ0n) is 15.4. The fourth-order valence-corrected chi connectivity index (χ4v) is 3.55. The number of nitrogens with zero attached hydrogens (tertiary/aromatic N) is 1. The number of fused-ring (bicyclic) bond motifs is 1. The van der Waals surface area contributed by atoms with Crippen LogP contribution < -0.4 is 5.46 Å². The lowest BCUT2D eigenvalue weighted by Crippen LogP contribution is -2.41. The van der Waals surface area contributed by atoms with Crippen LogP contribution >= 0.6 is 0 Å². The number of amides is 1. The Labute approximate surface area is 148 Å². The second-order valence-electron chi connectivity index (χ2n) is 8.08. The molecule has 1 aromatic heterocycles. The molecule has 2 aliphatic rings. The first kappa shape index (κ1) is 16.7. The molecule has 1 amide bonds. The number of hydrogen-bond donors (Lipinski definition) is 1. The van der Waals surface area contributed by atoms with Crippen molar-refractivity contribution in [1.82, 2.24) is 9.88 Å². The van der Waals surface area contributed by atoms with Crippen LogP contribution in [0.3, 0.4) is 0 Å². The molecular formula is C19H25BN2O3. The molecule has 0 bridgehead atoms. The lowest BCUT2D eigenvalue weighted by Gasteiger charge is -2.32.